The van der Waals surface area contributed by atoms with Gasteiger partial charge in [-0.15, -0.1) is 0 Å². The van der Waals surface area contributed by atoms with Crippen LogP contribution in [-0.2, 0) is 4.79 Å². The molecule has 0 aliphatic carbocycles. The molecule has 0 fully saturated rings. The number of nitrogens with zero attached hydrogens (tertiary/aromatic N) is 2. The molecule has 1 heterocycles. The van der Waals surface area contributed by atoms with Crippen LogP contribution in [0, 0.1) is 10.1 Å². The maximum atomic E-state index is 10.6. The topological polar surface area (TPSA) is 111 Å². The van der Waals surface area contributed by atoms with Crippen molar-refractivity contribution in [2.24, 2.45) is 0 Å². The molecule has 1 aromatic rings. The Kier molecular flexibility index (Phi) is 2.61. The largest absolute Gasteiger partial charge is 0.378 e. The van der Waals surface area contributed by atoms with Crippen LogP contribution >= 0.6 is 0 Å². The molecule has 0 aliphatic heterocycles. The quantitative estimate of drug-likeness (QED) is 0.529. The molecule has 14 heavy (non-hydrogen) atoms. The van der Waals surface area contributed by atoms with E-state index >= 15 is 0 Å². The molecule has 7 nitrogen and oxygen atoms in total. The summed E-state index contributed by atoms with van der Waals surface area (Å²) in [4.78, 5) is 24.0. The molecule has 0 unspecified atom stereocenters. The fourth-order valence-electron chi connectivity index (χ4n) is 0.872. The molecule has 1 aromatic heterocycles. The summed E-state index contributed by atoms with van der Waals surface area (Å²) in [7, 11) is 0. The van der Waals surface area contributed by atoms with Gasteiger partial charge in [-0.05, 0) is 6.07 Å². The zero-order chi connectivity index (χ0) is 10.7. The number of anilines is 2. The third-order valence-electron chi connectivity index (χ3n) is 1.40. The minimum absolute atomic E-state index is 0.195. The van der Waals surface area contributed by atoms with Gasteiger partial charge in [0.1, 0.15) is 5.82 Å². The summed E-state index contributed by atoms with van der Waals surface area (Å²) in [6.07, 6.45) is 0. The smallest absolute Gasteiger partial charge is 0.311 e. The molecule has 0 radical (unpaired) electrons. The van der Waals surface area contributed by atoms with Crippen molar-refractivity contribution in [3.05, 3.63) is 22.2 Å². The molecule has 74 valence electrons. The Morgan fingerprint density at radius 3 is 2.71 bits per heavy atom. The molecule has 7 heteroatoms. The number of rotatable bonds is 2. The highest BCUT2D eigenvalue weighted by Crippen LogP contribution is 2.20. The summed E-state index contributed by atoms with van der Waals surface area (Å²) in [5.41, 5.74) is 5.02. The summed E-state index contributed by atoms with van der Waals surface area (Å²) < 4.78 is 0. The number of nitro groups is 1. The minimum Gasteiger partial charge on any atom is -0.378 e. The molecule has 0 atom stereocenters. The lowest BCUT2D eigenvalue weighted by atomic mass is 10.4. The highest BCUT2D eigenvalue weighted by molar-refractivity contribution is 5.88. The van der Waals surface area contributed by atoms with E-state index in [4.69, 9.17) is 5.73 Å². The molecular formula is C7H8N4O3. The first kappa shape index (κ1) is 9.90. The first-order valence-corrected chi connectivity index (χ1v) is 3.69. The predicted octanol–water partition coefficient (Wildman–Crippen LogP) is 0.530. The van der Waals surface area contributed by atoms with Crippen LogP contribution < -0.4 is 11.1 Å². The molecule has 1 amide bonds. The van der Waals surface area contributed by atoms with Gasteiger partial charge in [0.05, 0.1) is 4.92 Å². The standard InChI is InChI=1S/C7H8N4O3/c1-4(12)9-6-3-2-5(11(13)14)7(8)10-6/h2-3H,1H3,(H3,8,9,10,12). The third-order valence-corrected chi connectivity index (χ3v) is 1.40. The van der Waals surface area contributed by atoms with Crippen molar-refractivity contribution >= 4 is 23.2 Å². The van der Waals surface area contributed by atoms with Gasteiger partial charge in [0.2, 0.25) is 11.7 Å². The second kappa shape index (κ2) is 3.69. The van der Waals surface area contributed by atoms with Crippen molar-refractivity contribution in [2.45, 2.75) is 6.92 Å². The lowest BCUT2D eigenvalue weighted by Gasteiger charge is -2.01. The Balaban J connectivity index is 3.00. The molecule has 0 saturated heterocycles. The van der Waals surface area contributed by atoms with Gasteiger partial charge >= 0.3 is 5.69 Å². The molecule has 0 aromatic carbocycles. The van der Waals surface area contributed by atoms with Gasteiger partial charge in [-0.1, -0.05) is 0 Å². The minimum atomic E-state index is -0.639. The lowest BCUT2D eigenvalue weighted by molar-refractivity contribution is -0.384. The number of pyridine rings is 1. The number of aromatic nitrogens is 1. The number of nitrogen functional groups attached to an aromatic ring is 1. The van der Waals surface area contributed by atoms with Crippen molar-refractivity contribution in [3.8, 4) is 0 Å². The van der Waals surface area contributed by atoms with Gasteiger partial charge < -0.3 is 11.1 Å². The fraction of sp³-hybridized carbons (Fsp3) is 0.143. The third kappa shape index (κ3) is 2.16. The molecule has 0 aliphatic rings. The Morgan fingerprint density at radius 2 is 2.29 bits per heavy atom. The van der Waals surface area contributed by atoms with Crippen molar-refractivity contribution in [3.63, 3.8) is 0 Å². The Hall–Kier alpha value is -2.18. The first-order chi connectivity index (χ1) is 6.50. The van der Waals surface area contributed by atoms with E-state index in [9.17, 15) is 14.9 Å². The van der Waals surface area contributed by atoms with E-state index in [1.807, 2.05) is 0 Å². The monoisotopic (exact) mass is 196 g/mol. The van der Waals surface area contributed by atoms with E-state index in [0.29, 0.717) is 0 Å². The molecule has 3 N–H and O–H groups in total. The summed E-state index contributed by atoms with van der Waals surface area (Å²) in [5.74, 6) is -0.340. The van der Waals surface area contributed by atoms with Crippen LogP contribution in [0.4, 0.5) is 17.3 Å². The average molecular weight is 196 g/mol. The van der Waals surface area contributed by atoms with Gasteiger partial charge in [-0.2, -0.15) is 0 Å². The van der Waals surface area contributed by atoms with E-state index in [1.165, 1.54) is 19.1 Å². The Bertz CT molecular complexity index is 391. The summed E-state index contributed by atoms with van der Waals surface area (Å²) in [6.45, 7) is 1.30. The fourth-order valence-corrected chi connectivity index (χ4v) is 0.872. The second-order valence-corrected chi connectivity index (χ2v) is 2.54. The van der Waals surface area contributed by atoms with E-state index in [-0.39, 0.29) is 23.2 Å². The Labute approximate surface area is 79.1 Å². The highest BCUT2D eigenvalue weighted by atomic mass is 16.6. The van der Waals surface area contributed by atoms with Crippen LogP contribution in [0.1, 0.15) is 6.92 Å². The maximum Gasteiger partial charge on any atom is 0.311 e. The predicted molar refractivity (Wildman–Crippen MR) is 49.6 cm³/mol. The molecule has 1 rings (SSSR count). The molecular weight excluding hydrogens is 188 g/mol. The molecule has 0 saturated carbocycles. The number of amides is 1. The summed E-state index contributed by atoms with van der Waals surface area (Å²) in [6, 6.07) is 2.50. The van der Waals surface area contributed by atoms with Gasteiger partial charge in [-0.3, -0.25) is 14.9 Å². The average Bonchev–Trinajstić information content (AvgIpc) is 2.01. The zero-order valence-corrected chi connectivity index (χ0v) is 7.35. The number of carbonyl (C=O) groups excluding carboxylic acids is 1. The zero-order valence-electron chi connectivity index (χ0n) is 7.35. The second-order valence-electron chi connectivity index (χ2n) is 2.54. The SMILES string of the molecule is CC(=O)Nc1ccc([N+](=O)[O-])c(N)n1. The number of nitrogens with one attached hydrogen (secondary N) is 1. The van der Waals surface area contributed by atoms with Crippen LogP contribution in [0.15, 0.2) is 12.1 Å². The summed E-state index contributed by atoms with van der Waals surface area (Å²) >= 11 is 0. The number of hydrogen-bond acceptors (Lipinski definition) is 5. The number of carbonyl (C=O) groups is 1. The van der Waals surface area contributed by atoms with E-state index in [1.54, 1.807) is 0 Å². The van der Waals surface area contributed by atoms with Gasteiger partial charge in [-0.25, -0.2) is 4.98 Å². The maximum absolute atomic E-state index is 10.6. The first-order valence-electron chi connectivity index (χ1n) is 3.69. The van der Waals surface area contributed by atoms with Crippen LogP contribution in [0.25, 0.3) is 0 Å². The van der Waals surface area contributed by atoms with Gasteiger partial charge in [0.15, 0.2) is 0 Å². The van der Waals surface area contributed by atoms with Crippen LogP contribution in [0.2, 0.25) is 0 Å². The highest BCUT2D eigenvalue weighted by Gasteiger charge is 2.12. The van der Waals surface area contributed by atoms with Crippen LogP contribution in [0.5, 0.6) is 0 Å². The lowest BCUT2D eigenvalue weighted by Crippen LogP contribution is -2.09. The normalized spacial score (nSPS) is 9.50. The van der Waals surface area contributed by atoms with Crippen molar-refractivity contribution in [1.82, 2.24) is 4.98 Å². The van der Waals surface area contributed by atoms with Crippen molar-refractivity contribution < 1.29 is 9.72 Å². The molecule has 0 bridgehead atoms. The Morgan fingerprint density at radius 1 is 1.64 bits per heavy atom. The van der Waals surface area contributed by atoms with Crippen molar-refractivity contribution in [1.29, 1.82) is 0 Å². The summed E-state index contributed by atoms with van der Waals surface area (Å²) in [5, 5.41) is 12.7. The van der Waals surface area contributed by atoms with Crippen LogP contribution in [-0.4, -0.2) is 15.8 Å². The number of nitrogens with two attached hydrogens (primary N) is 1. The van der Waals surface area contributed by atoms with Crippen LogP contribution in [0.3, 0.4) is 0 Å². The van der Waals surface area contributed by atoms with Gasteiger partial charge in [0, 0.05) is 13.0 Å². The van der Waals surface area contributed by atoms with E-state index < -0.39 is 4.92 Å². The van der Waals surface area contributed by atoms with E-state index in [2.05, 4.69) is 10.3 Å². The van der Waals surface area contributed by atoms with Gasteiger partial charge in [0.25, 0.3) is 0 Å². The molecule has 0 spiro atoms. The van der Waals surface area contributed by atoms with Crippen molar-refractivity contribution in [2.75, 3.05) is 11.1 Å². The number of hydrogen-bond donors (Lipinski definition) is 2. The van der Waals surface area contributed by atoms with E-state index in [0.717, 1.165) is 0 Å².